The summed E-state index contributed by atoms with van der Waals surface area (Å²) in [4.78, 5) is 2.74. The number of piperazine rings is 1. The molecular formula is C12H24N2. The molecule has 14 heavy (non-hydrogen) atoms. The summed E-state index contributed by atoms with van der Waals surface area (Å²) < 4.78 is 0. The van der Waals surface area contributed by atoms with Gasteiger partial charge in [-0.1, -0.05) is 26.2 Å². The third kappa shape index (κ3) is 2.29. The zero-order valence-electron chi connectivity index (χ0n) is 9.47. The predicted molar refractivity (Wildman–Crippen MR) is 60.5 cm³/mol. The minimum atomic E-state index is 0.824. The van der Waals surface area contributed by atoms with E-state index in [9.17, 15) is 0 Å². The van der Waals surface area contributed by atoms with Gasteiger partial charge in [0.05, 0.1) is 0 Å². The van der Waals surface area contributed by atoms with E-state index in [-0.39, 0.29) is 0 Å². The van der Waals surface area contributed by atoms with E-state index in [1.807, 2.05) is 0 Å². The topological polar surface area (TPSA) is 15.3 Å². The second-order valence-electron chi connectivity index (χ2n) is 4.80. The van der Waals surface area contributed by atoms with E-state index in [0.29, 0.717) is 0 Å². The summed E-state index contributed by atoms with van der Waals surface area (Å²) in [6, 6.07) is 1.70. The van der Waals surface area contributed by atoms with Gasteiger partial charge in [-0.05, 0) is 25.8 Å². The first kappa shape index (κ1) is 10.4. The molecule has 1 heterocycles. The Bertz CT molecular complexity index is 170. The van der Waals surface area contributed by atoms with Crippen molar-refractivity contribution in [1.29, 1.82) is 0 Å². The SMILES string of the molecule is CCCCCN1CCN[C@H]2CCC[C@H]21. The molecule has 1 saturated heterocycles. The lowest BCUT2D eigenvalue weighted by atomic mass is 10.1. The van der Waals surface area contributed by atoms with E-state index in [0.717, 1.165) is 12.1 Å². The normalized spacial score (nSPS) is 33.2. The number of nitrogens with one attached hydrogen (secondary N) is 1. The average Bonchev–Trinajstić information content (AvgIpc) is 2.67. The fraction of sp³-hybridized carbons (Fsp3) is 1.00. The van der Waals surface area contributed by atoms with E-state index < -0.39 is 0 Å². The quantitative estimate of drug-likeness (QED) is 0.692. The van der Waals surface area contributed by atoms with Crippen LogP contribution in [-0.4, -0.2) is 36.6 Å². The van der Waals surface area contributed by atoms with Crippen LogP contribution in [-0.2, 0) is 0 Å². The summed E-state index contributed by atoms with van der Waals surface area (Å²) >= 11 is 0. The molecule has 1 saturated carbocycles. The van der Waals surface area contributed by atoms with Gasteiger partial charge in [0, 0.05) is 25.2 Å². The van der Waals surface area contributed by atoms with Gasteiger partial charge in [-0.3, -0.25) is 4.90 Å². The summed E-state index contributed by atoms with van der Waals surface area (Å²) in [6.07, 6.45) is 8.44. The molecule has 0 aromatic carbocycles. The number of unbranched alkanes of at least 4 members (excludes halogenated alkanes) is 2. The summed E-state index contributed by atoms with van der Waals surface area (Å²) in [5, 5.41) is 3.66. The maximum absolute atomic E-state index is 3.66. The van der Waals surface area contributed by atoms with Gasteiger partial charge in [-0.25, -0.2) is 0 Å². The first-order valence-corrected chi connectivity index (χ1v) is 6.39. The van der Waals surface area contributed by atoms with Crippen LogP contribution in [0.5, 0.6) is 0 Å². The Morgan fingerprint density at radius 3 is 3.07 bits per heavy atom. The molecule has 0 aromatic heterocycles. The second kappa shape index (κ2) is 5.13. The fourth-order valence-electron chi connectivity index (χ4n) is 3.02. The second-order valence-corrected chi connectivity index (χ2v) is 4.80. The van der Waals surface area contributed by atoms with Gasteiger partial charge in [-0.2, -0.15) is 0 Å². The molecule has 0 amide bonds. The molecule has 1 aliphatic heterocycles. The number of hydrogen-bond acceptors (Lipinski definition) is 2. The minimum Gasteiger partial charge on any atom is -0.311 e. The minimum absolute atomic E-state index is 0.824. The van der Waals surface area contributed by atoms with Crippen molar-refractivity contribution in [2.75, 3.05) is 19.6 Å². The molecule has 82 valence electrons. The highest BCUT2D eigenvalue weighted by Crippen LogP contribution is 2.26. The molecule has 2 nitrogen and oxygen atoms in total. The molecule has 0 radical (unpaired) electrons. The fourth-order valence-corrected chi connectivity index (χ4v) is 3.02. The molecule has 2 rings (SSSR count). The lowest BCUT2D eigenvalue weighted by Crippen LogP contribution is -2.55. The number of hydrogen-bond donors (Lipinski definition) is 1. The Morgan fingerprint density at radius 2 is 2.21 bits per heavy atom. The zero-order chi connectivity index (χ0) is 9.80. The van der Waals surface area contributed by atoms with Crippen molar-refractivity contribution >= 4 is 0 Å². The van der Waals surface area contributed by atoms with Crippen LogP contribution in [0, 0.1) is 0 Å². The van der Waals surface area contributed by atoms with Crippen LogP contribution in [0.2, 0.25) is 0 Å². The van der Waals surface area contributed by atoms with E-state index in [1.165, 1.54) is 58.2 Å². The molecule has 0 bridgehead atoms. The number of fused-ring (bicyclic) bond motifs is 1. The van der Waals surface area contributed by atoms with Crippen molar-refractivity contribution in [1.82, 2.24) is 10.2 Å². The molecule has 2 aliphatic rings. The van der Waals surface area contributed by atoms with Crippen molar-refractivity contribution in [2.45, 2.75) is 57.5 Å². The predicted octanol–water partition coefficient (Wildman–Crippen LogP) is 2.00. The Balaban J connectivity index is 1.78. The molecule has 0 spiro atoms. The van der Waals surface area contributed by atoms with Gasteiger partial charge in [0.15, 0.2) is 0 Å². The average molecular weight is 196 g/mol. The lowest BCUT2D eigenvalue weighted by molar-refractivity contribution is 0.134. The van der Waals surface area contributed by atoms with Gasteiger partial charge >= 0.3 is 0 Å². The molecule has 1 N–H and O–H groups in total. The van der Waals surface area contributed by atoms with Crippen molar-refractivity contribution in [2.24, 2.45) is 0 Å². The Kier molecular flexibility index (Phi) is 3.82. The van der Waals surface area contributed by atoms with Gasteiger partial charge < -0.3 is 5.32 Å². The molecule has 2 atom stereocenters. The highest BCUT2D eigenvalue weighted by Gasteiger charge is 2.33. The van der Waals surface area contributed by atoms with Gasteiger partial charge in [0.2, 0.25) is 0 Å². The number of nitrogens with zero attached hydrogens (tertiary/aromatic N) is 1. The maximum atomic E-state index is 3.66. The van der Waals surface area contributed by atoms with Gasteiger partial charge in [0.1, 0.15) is 0 Å². The van der Waals surface area contributed by atoms with Crippen LogP contribution in [0.4, 0.5) is 0 Å². The zero-order valence-corrected chi connectivity index (χ0v) is 9.47. The molecular weight excluding hydrogens is 172 g/mol. The molecule has 0 aromatic rings. The van der Waals surface area contributed by atoms with Crippen molar-refractivity contribution < 1.29 is 0 Å². The molecule has 2 fully saturated rings. The van der Waals surface area contributed by atoms with Crippen LogP contribution < -0.4 is 5.32 Å². The van der Waals surface area contributed by atoms with Crippen LogP contribution in [0.15, 0.2) is 0 Å². The summed E-state index contributed by atoms with van der Waals surface area (Å²) in [6.45, 7) is 6.13. The van der Waals surface area contributed by atoms with Gasteiger partial charge in [0.25, 0.3) is 0 Å². The van der Waals surface area contributed by atoms with Crippen molar-refractivity contribution in [3.63, 3.8) is 0 Å². The summed E-state index contributed by atoms with van der Waals surface area (Å²) in [5.74, 6) is 0. The number of rotatable bonds is 4. The first-order chi connectivity index (χ1) is 6.92. The van der Waals surface area contributed by atoms with E-state index in [4.69, 9.17) is 0 Å². The monoisotopic (exact) mass is 196 g/mol. The summed E-state index contributed by atoms with van der Waals surface area (Å²) in [7, 11) is 0. The first-order valence-electron chi connectivity index (χ1n) is 6.39. The van der Waals surface area contributed by atoms with Crippen LogP contribution in [0.3, 0.4) is 0 Å². The smallest absolute Gasteiger partial charge is 0.0249 e. The Hall–Kier alpha value is -0.0800. The molecule has 0 unspecified atom stereocenters. The van der Waals surface area contributed by atoms with Crippen LogP contribution in [0.1, 0.15) is 45.4 Å². The van der Waals surface area contributed by atoms with Crippen molar-refractivity contribution in [3.8, 4) is 0 Å². The van der Waals surface area contributed by atoms with Crippen LogP contribution >= 0.6 is 0 Å². The lowest BCUT2D eigenvalue weighted by Gasteiger charge is -2.38. The van der Waals surface area contributed by atoms with E-state index in [1.54, 1.807) is 0 Å². The third-order valence-electron chi connectivity index (χ3n) is 3.80. The van der Waals surface area contributed by atoms with Crippen LogP contribution in [0.25, 0.3) is 0 Å². The highest BCUT2D eigenvalue weighted by molar-refractivity contribution is 4.93. The third-order valence-corrected chi connectivity index (χ3v) is 3.80. The highest BCUT2D eigenvalue weighted by atomic mass is 15.2. The molecule has 1 aliphatic carbocycles. The van der Waals surface area contributed by atoms with E-state index in [2.05, 4.69) is 17.1 Å². The summed E-state index contributed by atoms with van der Waals surface area (Å²) in [5.41, 5.74) is 0. The van der Waals surface area contributed by atoms with Gasteiger partial charge in [-0.15, -0.1) is 0 Å². The Labute approximate surface area is 88.1 Å². The van der Waals surface area contributed by atoms with Crippen molar-refractivity contribution in [3.05, 3.63) is 0 Å². The standard InChI is InChI=1S/C12H24N2/c1-2-3-4-9-14-10-8-13-11-6-5-7-12(11)14/h11-13H,2-10H2,1H3/t11-,12+/m0/s1. The molecule has 2 heteroatoms. The maximum Gasteiger partial charge on any atom is 0.0249 e. The van der Waals surface area contributed by atoms with E-state index >= 15 is 0 Å². The largest absolute Gasteiger partial charge is 0.311 e. The Morgan fingerprint density at radius 1 is 1.29 bits per heavy atom.